The van der Waals surface area contributed by atoms with E-state index in [1.807, 2.05) is 6.92 Å². The highest BCUT2D eigenvalue weighted by Gasteiger charge is 2.27. The van der Waals surface area contributed by atoms with Crippen LogP contribution in [0.15, 0.2) is 0 Å². The molecule has 0 radical (unpaired) electrons. The first-order chi connectivity index (χ1) is 9.33. The molecule has 0 saturated heterocycles. The van der Waals surface area contributed by atoms with Gasteiger partial charge in [0.15, 0.2) is 0 Å². The Kier molecular flexibility index (Phi) is 4.89. The minimum Gasteiger partial charge on any atom is -0.449 e. The molecule has 0 amide bonds. The number of rotatable bonds is 2. The molecule has 0 spiro atoms. The number of nitrogen functional groups attached to an aromatic ring is 1. The Labute approximate surface area is 126 Å². The van der Waals surface area contributed by atoms with Crippen molar-refractivity contribution < 1.29 is 12.9 Å². The van der Waals surface area contributed by atoms with Crippen molar-refractivity contribution in [3.8, 4) is 11.5 Å². The topological polar surface area (TPSA) is 26.0 Å². The maximum Gasteiger partial charge on any atom is 0.482 e. The SMILES string of the molecule is Cc1c(N)c(C)c(C[B-](F)(F)F)c(C)c1C#C[Si](C)(C)C. The van der Waals surface area contributed by atoms with Gasteiger partial charge >= 0.3 is 6.98 Å². The highest BCUT2D eigenvalue weighted by molar-refractivity contribution is 6.83. The second-order valence-corrected chi connectivity index (χ2v) is 11.3. The molecule has 21 heavy (non-hydrogen) atoms. The average molecular weight is 312 g/mol. The smallest absolute Gasteiger partial charge is 0.449 e. The Morgan fingerprint density at radius 3 is 1.95 bits per heavy atom. The van der Waals surface area contributed by atoms with Crippen LogP contribution in [0.1, 0.15) is 27.8 Å². The lowest BCUT2D eigenvalue weighted by molar-refractivity contribution is 0.468. The van der Waals surface area contributed by atoms with Crippen LogP contribution < -0.4 is 5.73 Å². The van der Waals surface area contributed by atoms with E-state index in [9.17, 15) is 12.9 Å². The van der Waals surface area contributed by atoms with Gasteiger partial charge in [-0.25, -0.2) is 0 Å². The molecule has 1 aromatic carbocycles. The zero-order chi connectivity index (χ0) is 16.6. The molecule has 2 N–H and O–H groups in total. The van der Waals surface area contributed by atoms with Crippen LogP contribution in [0, 0.1) is 32.2 Å². The summed E-state index contributed by atoms with van der Waals surface area (Å²) in [6, 6.07) is 0. The molecular weight excluding hydrogens is 290 g/mol. The van der Waals surface area contributed by atoms with E-state index in [4.69, 9.17) is 5.73 Å². The van der Waals surface area contributed by atoms with E-state index in [0.29, 0.717) is 22.4 Å². The Morgan fingerprint density at radius 2 is 1.52 bits per heavy atom. The van der Waals surface area contributed by atoms with Gasteiger partial charge in [-0.05, 0) is 37.5 Å². The van der Waals surface area contributed by atoms with Crippen LogP contribution >= 0.6 is 0 Å². The van der Waals surface area contributed by atoms with E-state index in [0.717, 1.165) is 5.56 Å². The van der Waals surface area contributed by atoms with E-state index in [2.05, 4.69) is 31.1 Å². The fourth-order valence-corrected chi connectivity index (χ4v) is 2.77. The maximum atomic E-state index is 12.8. The Balaban J connectivity index is 3.55. The minimum absolute atomic E-state index is 0.283. The third-order valence-electron chi connectivity index (χ3n) is 3.46. The number of hydrogen-bond donors (Lipinski definition) is 1. The van der Waals surface area contributed by atoms with Gasteiger partial charge in [0.25, 0.3) is 0 Å². The summed E-state index contributed by atoms with van der Waals surface area (Å²) >= 11 is 0. The summed E-state index contributed by atoms with van der Waals surface area (Å²) < 4.78 is 38.5. The number of halogens is 3. The van der Waals surface area contributed by atoms with Crippen molar-refractivity contribution >= 4 is 20.7 Å². The van der Waals surface area contributed by atoms with Gasteiger partial charge in [-0.3, -0.25) is 0 Å². The van der Waals surface area contributed by atoms with Gasteiger partial charge in [0.05, 0.1) is 0 Å². The van der Waals surface area contributed by atoms with Crippen molar-refractivity contribution in [3.63, 3.8) is 0 Å². The lowest BCUT2D eigenvalue weighted by Gasteiger charge is -2.22. The summed E-state index contributed by atoms with van der Waals surface area (Å²) in [5.41, 5.74) is 12.5. The van der Waals surface area contributed by atoms with Crippen LogP contribution in [0.3, 0.4) is 0 Å². The average Bonchev–Trinajstić information content (AvgIpc) is 2.29. The van der Waals surface area contributed by atoms with Crippen LogP contribution in [0.2, 0.25) is 19.6 Å². The van der Waals surface area contributed by atoms with Gasteiger partial charge in [0.1, 0.15) is 8.07 Å². The standard InChI is InChI=1S/C15H22BF3NSi/c1-10-13(7-8-21(4,5)6)11(2)15(20)12(3)14(10)9-16(17,18)19/h9,20H2,1-6H3/q-1. The molecule has 6 heteroatoms. The van der Waals surface area contributed by atoms with Crippen molar-refractivity contribution in [2.75, 3.05) is 5.73 Å². The van der Waals surface area contributed by atoms with Gasteiger partial charge in [-0.15, -0.1) is 5.54 Å². The highest BCUT2D eigenvalue weighted by atomic mass is 28.3. The summed E-state index contributed by atoms with van der Waals surface area (Å²) in [5.74, 6) is 3.09. The largest absolute Gasteiger partial charge is 0.482 e. The molecule has 116 valence electrons. The van der Waals surface area contributed by atoms with Crippen molar-refractivity contribution in [1.29, 1.82) is 0 Å². The second-order valence-electron chi connectivity index (χ2n) is 6.56. The summed E-state index contributed by atoms with van der Waals surface area (Å²) in [5, 5.41) is 0. The van der Waals surface area contributed by atoms with Gasteiger partial charge < -0.3 is 18.7 Å². The zero-order valence-electron chi connectivity index (χ0n) is 13.5. The van der Waals surface area contributed by atoms with E-state index < -0.39 is 21.4 Å². The Hall–Kier alpha value is -1.35. The predicted molar refractivity (Wildman–Crippen MR) is 88.1 cm³/mol. The first kappa shape index (κ1) is 17.7. The van der Waals surface area contributed by atoms with E-state index >= 15 is 0 Å². The molecule has 0 aliphatic heterocycles. The maximum absolute atomic E-state index is 12.8. The summed E-state index contributed by atoms with van der Waals surface area (Å²) in [6.07, 6.45) is -0.899. The second kappa shape index (κ2) is 5.80. The Morgan fingerprint density at radius 1 is 1.00 bits per heavy atom. The Bertz CT molecular complexity index is 619. The fraction of sp³-hybridized carbons (Fsp3) is 0.467. The van der Waals surface area contributed by atoms with Crippen molar-refractivity contribution in [3.05, 3.63) is 27.8 Å². The lowest BCUT2D eigenvalue weighted by Crippen LogP contribution is -2.22. The van der Waals surface area contributed by atoms with Gasteiger partial charge in [0.2, 0.25) is 0 Å². The number of benzene rings is 1. The molecule has 1 rings (SSSR count). The van der Waals surface area contributed by atoms with Crippen LogP contribution in [-0.4, -0.2) is 15.1 Å². The summed E-state index contributed by atoms with van der Waals surface area (Å²) in [4.78, 5) is 0. The quantitative estimate of drug-likeness (QED) is 0.490. The molecule has 0 aliphatic carbocycles. The summed E-state index contributed by atoms with van der Waals surface area (Å²) in [7, 11) is -1.60. The third-order valence-corrected chi connectivity index (χ3v) is 4.34. The fourth-order valence-electron chi connectivity index (χ4n) is 2.27. The third kappa shape index (κ3) is 4.57. The minimum atomic E-state index is -4.89. The zero-order valence-corrected chi connectivity index (χ0v) is 14.5. The number of hydrogen-bond acceptors (Lipinski definition) is 1. The first-order valence-electron chi connectivity index (χ1n) is 6.96. The molecule has 0 unspecified atom stereocenters. The molecule has 0 aromatic heterocycles. The monoisotopic (exact) mass is 312 g/mol. The van der Waals surface area contributed by atoms with Crippen LogP contribution in [0.5, 0.6) is 0 Å². The molecular formula is C15H22BF3NSi-. The van der Waals surface area contributed by atoms with E-state index in [1.165, 1.54) is 0 Å². The van der Waals surface area contributed by atoms with Gasteiger partial charge in [-0.2, -0.15) is 0 Å². The molecule has 0 bridgehead atoms. The predicted octanol–water partition coefficient (Wildman–Crippen LogP) is 4.35. The molecule has 1 aromatic rings. The number of anilines is 1. The van der Waals surface area contributed by atoms with Crippen molar-refractivity contribution in [1.82, 2.24) is 0 Å². The molecule has 0 heterocycles. The van der Waals surface area contributed by atoms with Gasteiger partial charge in [-0.1, -0.05) is 37.4 Å². The lowest BCUT2D eigenvalue weighted by atomic mass is 9.76. The van der Waals surface area contributed by atoms with Crippen LogP contribution in [0.25, 0.3) is 0 Å². The normalized spacial score (nSPS) is 12.0. The highest BCUT2D eigenvalue weighted by Crippen LogP contribution is 2.31. The first-order valence-corrected chi connectivity index (χ1v) is 10.5. The number of nitrogens with two attached hydrogens (primary N) is 1. The molecule has 1 nitrogen and oxygen atoms in total. The van der Waals surface area contributed by atoms with E-state index in [1.54, 1.807) is 13.8 Å². The van der Waals surface area contributed by atoms with Crippen molar-refractivity contribution in [2.24, 2.45) is 0 Å². The molecule has 0 aliphatic rings. The van der Waals surface area contributed by atoms with Crippen LogP contribution in [-0.2, 0) is 6.32 Å². The van der Waals surface area contributed by atoms with Crippen LogP contribution in [0.4, 0.5) is 18.6 Å². The van der Waals surface area contributed by atoms with Gasteiger partial charge in [0, 0.05) is 11.3 Å². The van der Waals surface area contributed by atoms with Crippen molar-refractivity contribution in [2.45, 2.75) is 46.7 Å². The molecule has 0 fully saturated rings. The molecule has 0 atom stereocenters. The van der Waals surface area contributed by atoms with E-state index in [-0.39, 0.29) is 5.56 Å². The molecule has 0 saturated carbocycles. The summed E-state index contributed by atoms with van der Waals surface area (Å²) in [6.45, 7) is 6.60.